The van der Waals surface area contributed by atoms with E-state index in [2.05, 4.69) is 10.5 Å². The first-order valence-electron chi connectivity index (χ1n) is 6.70. The molecule has 2 aromatic rings. The zero-order chi connectivity index (χ0) is 14.8. The number of carboxylic acids is 1. The van der Waals surface area contributed by atoms with Gasteiger partial charge in [0.05, 0.1) is 5.69 Å². The molecule has 0 radical (unpaired) electrons. The molecule has 1 aromatic carbocycles. The van der Waals surface area contributed by atoms with Crippen molar-refractivity contribution in [2.75, 3.05) is 0 Å². The SMILES string of the molecule is O=C(N[C@@H](C(=O)O)c1ccccc1)c1cc(C2CC2)no1. The Morgan fingerprint density at radius 3 is 2.62 bits per heavy atom. The van der Waals surface area contributed by atoms with Crippen LogP contribution < -0.4 is 5.32 Å². The number of aliphatic carboxylic acids is 1. The number of hydrogen-bond acceptors (Lipinski definition) is 4. The zero-order valence-electron chi connectivity index (χ0n) is 11.2. The number of carbonyl (C=O) groups is 2. The first kappa shape index (κ1) is 13.4. The lowest BCUT2D eigenvalue weighted by molar-refractivity contribution is -0.139. The van der Waals surface area contributed by atoms with Crippen LogP contribution in [-0.2, 0) is 4.79 Å². The van der Waals surface area contributed by atoms with Crippen molar-refractivity contribution >= 4 is 11.9 Å². The fourth-order valence-electron chi connectivity index (χ4n) is 2.10. The maximum Gasteiger partial charge on any atom is 0.330 e. The Bertz CT molecular complexity index is 661. The molecule has 1 saturated carbocycles. The molecule has 1 aliphatic carbocycles. The maximum absolute atomic E-state index is 12.1. The molecule has 6 nitrogen and oxygen atoms in total. The molecule has 1 amide bonds. The average Bonchev–Trinajstić information content (AvgIpc) is 3.22. The van der Waals surface area contributed by atoms with Crippen LogP contribution in [-0.4, -0.2) is 22.1 Å². The van der Waals surface area contributed by atoms with Gasteiger partial charge < -0.3 is 14.9 Å². The van der Waals surface area contributed by atoms with E-state index < -0.39 is 17.9 Å². The Hall–Kier alpha value is -2.63. The second-order valence-corrected chi connectivity index (χ2v) is 5.05. The Kier molecular flexibility index (Phi) is 3.43. The van der Waals surface area contributed by atoms with Gasteiger partial charge in [0.1, 0.15) is 0 Å². The highest BCUT2D eigenvalue weighted by Gasteiger charge is 2.29. The van der Waals surface area contributed by atoms with E-state index >= 15 is 0 Å². The summed E-state index contributed by atoms with van der Waals surface area (Å²) >= 11 is 0. The van der Waals surface area contributed by atoms with Crippen molar-refractivity contribution in [2.45, 2.75) is 24.8 Å². The summed E-state index contributed by atoms with van der Waals surface area (Å²) in [5.41, 5.74) is 1.26. The lowest BCUT2D eigenvalue weighted by Crippen LogP contribution is -2.33. The molecule has 0 bridgehead atoms. The van der Waals surface area contributed by atoms with E-state index in [4.69, 9.17) is 4.52 Å². The normalized spacial score (nSPS) is 15.4. The van der Waals surface area contributed by atoms with Crippen LogP contribution in [0.1, 0.15) is 46.6 Å². The number of carbonyl (C=O) groups excluding carboxylic acids is 1. The molecule has 108 valence electrons. The highest BCUT2D eigenvalue weighted by atomic mass is 16.5. The maximum atomic E-state index is 12.1. The van der Waals surface area contributed by atoms with E-state index in [1.807, 2.05) is 0 Å². The molecule has 21 heavy (non-hydrogen) atoms. The lowest BCUT2D eigenvalue weighted by atomic mass is 10.1. The summed E-state index contributed by atoms with van der Waals surface area (Å²) < 4.78 is 4.99. The molecule has 3 rings (SSSR count). The Morgan fingerprint density at radius 2 is 2.00 bits per heavy atom. The molecular weight excluding hydrogens is 272 g/mol. The topological polar surface area (TPSA) is 92.4 Å². The molecule has 1 fully saturated rings. The van der Waals surface area contributed by atoms with Crippen molar-refractivity contribution in [2.24, 2.45) is 0 Å². The monoisotopic (exact) mass is 286 g/mol. The van der Waals surface area contributed by atoms with Crippen LogP contribution >= 0.6 is 0 Å². The van der Waals surface area contributed by atoms with Gasteiger partial charge in [0.2, 0.25) is 5.76 Å². The third-order valence-corrected chi connectivity index (χ3v) is 3.40. The van der Waals surface area contributed by atoms with Gasteiger partial charge in [-0.3, -0.25) is 4.79 Å². The summed E-state index contributed by atoms with van der Waals surface area (Å²) in [5.74, 6) is -1.29. The fraction of sp³-hybridized carbons (Fsp3) is 0.267. The van der Waals surface area contributed by atoms with Crippen LogP contribution in [0.15, 0.2) is 40.9 Å². The minimum atomic E-state index is -1.13. The predicted molar refractivity (Wildman–Crippen MR) is 72.8 cm³/mol. The second-order valence-electron chi connectivity index (χ2n) is 5.05. The summed E-state index contributed by atoms with van der Waals surface area (Å²) in [6, 6.07) is 8.98. The summed E-state index contributed by atoms with van der Waals surface area (Å²) in [6.45, 7) is 0. The van der Waals surface area contributed by atoms with Crippen molar-refractivity contribution in [3.63, 3.8) is 0 Å². The van der Waals surface area contributed by atoms with Crippen molar-refractivity contribution in [3.05, 3.63) is 53.4 Å². The van der Waals surface area contributed by atoms with E-state index in [0.29, 0.717) is 11.5 Å². The molecule has 1 heterocycles. The predicted octanol–water partition coefficient (Wildman–Crippen LogP) is 2.11. The number of nitrogens with zero attached hydrogens (tertiary/aromatic N) is 1. The van der Waals surface area contributed by atoms with E-state index in [1.165, 1.54) is 0 Å². The van der Waals surface area contributed by atoms with E-state index in [-0.39, 0.29) is 5.76 Å². The molecular formula is C15H14N2O4. The minimum absolute atomic E-state index is 0.0408. The zero-order valence-corrected chi connectivity index (χ0v) is 11.2. The fourth-order valence-corrected chi connectivity index (χ4v) is 2.10. The molecule has 1 aromatic heterocycles. The number of aromatic nitrogens is 1. The van der Waals surface area contributed by atoms with Gasteiger partial charge in [0.15, 0.2) is 6.04 Å². The van der Waals surface area contributed by atoms with Crippen molar-refractivity contribution in [1.82, 2.24) is 10.5 Å². The summed E-state index contributed by atoms with van der Waals surface area (Å²) in [6.07, 6.45) is 2.10. The van der Waals surface area contributed by atoms with E-state index in [1.54, 1.807) is 36.4 Å². The number of benzene rings is 1. The minimum Gasteiger partial charge on any atom is -0.479 e. The van der Waals surface area contributed by atoms with E-state index in [0.717, 1.165) is 18.5 Å². The molecule has 6 heteroatoms. The molecule has 0 spiro atoms. The molecule has 1 aliphatic rings. The molecule has 1 atom stereocenters. The van der Waals surface area contributed by atoms with Gasteiger partial charge in [-0.1, -0.05) is 35.5 Å². The summed E-state index contributed by atoms with van der Waals surface area (Å²) in [5, 5.41) is 15.6. The smallest absolute Gasteiger partial charge is 0.330 e. The Labute approximate surface area is 120 Å². The van der Waals surface area contributed by atoms with Crippen molar-refractivity contribution in [1.29, 1.82) is 0 Å². The Balaban J connectivity index is 1.75. The van der Waals surface area contributed by atoms with Crippen LogP contribution in [0.5, 0.6) is 0 Å². The largest absolute Gasteiger partial charge is 0.479 e. The van der Waals surface area contributed by atoms with Gasteiger partial charge >= 0.3 is 5.97 Å². The number of nitrogens with one attached hydrogen (secondary N) is 1. The van der Waals surface area contributed by atoms with Gasteiger partial charge in [0.25, 0.3) is 5.91 Å². The molecule has 0 saturated heterocycles. The van der Waals surface area contributed by atoms with Gasteiger partial charge in [0, 0.05) is 12.0 Å². The van der Waals surface area contributed by atoms with Crippen LogP contribution in [0.3, 0.4) is 0 Å². The first-order valence-corrected chi connectivity index (χ1v) is 6.70. The van der Waals surface area contributed by atoms with Crippen LogP contribution in [0.2, 0.25) is 0 Å². The highest BCUT2D eigenvalue weighted by molar-refractivity contribution is 5.94. The molecule has 2 N–H and O–H groups in total. The van der Waals surface area contributed by atoms with Crippen molar-refractivity contribution < 1.29 is 19.2 Å². The number of hydrogen-bond donors (Lipinski definition) is 2. The van der Waals surface area contributed by atoms with Gasteiger partial charge in [-0.05, 0) is 18.4 Å². The van der Waals surface area contributed by atoms with Gasteiger partial charge in [-0.2, -0.15) is 0 Å². The standard InChI is InChI=1S/C15H14N2O4/c18-14(12-8-11(17-21-12)9-6-7-9)16-13(15(19)20)10-4-2-1-3-5-10/h1-5,8-9,13H,6-7H2,(H,16,18)(H,19,20)/t13-/m1/s1. The van der Waals surface area contributed by atoms with Crippen molar-refractivity contribution in [3.8, 4) is 0 Å². The third kappa shape index (κ3) is 2.94. The molecule has 0 unspecified atom stereocenters. The Morgan fingerprint density at radius 1 is 1.29 bits per heavy atom. The summed E-state index contributed by atoms with van der Waals surface area (Å²) in [7, 11) is 0. The summed E-state index contributed by atoms with van der Waals surface area (Å²) in [4.78, 5) is 23.4. The van der Waals surface area contributed by atoms with Crippen LogP contribution in [0, 0.1) is 0 Å². The number of rotatable bonds is 5. The molecule has 0 aliphatic heterocycles. The number of amides is 1. The first-order chi connectivity index (χ1) is 10.1. The third-order valence-electron chi connectivity index (χ3n) is 3.40. The highest BCUT2D eigenvalue weighted by Crippen LogP contribution is 2.39. The van der Waals surface area contributed by atoms with Crippen LogP contribution in [0.25, 0.3) is 0 Å². The lowest BCUT2D eigenvalue weighted by Gasteiger charge is -2.13. The van der Waals surface area contributed by atoms with Gasteiger partial charge in [-0.25, -0.2) is 4.79 Å². The number of carboxylic acid groups (broad SMARTS) is 1. The average molecular weight is 286 g/mol. The quantitative estimate of drug-likeness (QED) is 0.878. The van der Waals surface area contributed by atoms with Gasteiger partial charge in [-0.15, -0.1) is 0 Å². The second kappa shape index (κ2) is 5.40. The van der Waals surface area contributed by atoms with Crippen LogP contribution in [0.4, 0.5) is 0 Å². The van der Waals surface area contributed by atoms with E-state index in [9.17, 15) is 14.7 Å².